The molecule has 0 fully saturated rings. The lowest BCUT2D eigenvalue weighted by atomic mass is 10.1. The van der Waals surface area contributed by atoms with Gasteiger partial charge in [-0.15, -0.1) is 11.3 Å². The van der Waals surface area contributed by atoms with Gasteiger partial charge in [0.15, 0.2) is 5.13 Å². The fraction of sp³-hybridized carbons (Fsp3) is 0.167. The molecule has 0 spiro atoms. The van der Waals surface area contributed by atoms with Gasteiger partial charge in [-0.3, -0.25) is 9.69 Å². The van der Waals surface area contributed by atoms with Gasteiger partial charge in [0.05, 0.1) is 11.4 Å². The molecule has 0 bridgehead atoms. The number of ether oxygens (including phenoxy) is 1. The number of aryl methyl sites for hydroxylation is 2. The number of nitrogens with zero attached hydrogens (tertiary/aromatic N) is 3. The summed E-state index contributed by atoms with van der Waals surface area (Å²) in [6, 6.07) is 16.9. The average molecular weight is 448 g/mol. The summed E-state index contributed by atoms with van der Waals surface area (Å²) >= 11 is 1.31. The van der Waals surface area contributed by atoms with Gasteiger partial charge in [0.2, 0.25) is 5.91 Å². The molecule has 2 aromatic carbocycles. The van der Waals surface area contributed by atoms with Gasteiger partial charge < -0.3 is 9.26 Å². The van der Waals surface area contributed by atoms with Crippen LogP contribution in [0.5, 0.6) is 0 Å². The summed E-state index contributed by atoms with van der Waals surface area (Å²) in [4.78, 5) is 31.1. The molecular formula is C24H21N3O4S. The minimum atomic E-state index is -0.542. The van der Waals surface area contributed by atoms with E-state index in [-0.39, 0.29) is 18.1 Å². The molecule has 0 unspecified atom stereocenters. The van der Waals surface area contributed by atoms with Gasteiger partial charge in [-0.05, 0) is 31.5 Å². The van der Waals surface area contributed by atoms with Crippen LogP contribution in [0.15, 0.2) is 64.5 Å². The van der Waals surface area contributed by atoms with E-state index in [1.807, 2.05) is 61.5 Å². The van der Waals surface area contributed by atoms with Crippen molar-refractivity contribution in [1.82, 2.24) is 10.1 Å². The fourth-order valence-electron chi connectivity index (χ4n) is 3.28. The van der Waals surface area contributed by atoms with Crippen LogP contribution in [-0.2, 0) is 16.1 Å². The van der Waals surface area contributed by atoms with Gasteiger partial charge in [-0.2, -0.15) is 0 Å². The van der Waals surface area contributed by atoms with E-state index in [1.54, 1.807) is 17.2 Å². The van der Waals surface area contributed by atoms with E-state index >= 15 is 0 Å². The van der Waals surface area contributed by atoms with Gasteiger partial charge in [0.25, 0.3) is 0 Å². The maximum atomic E-state index is 12.8. The molecule has 2 aromatic heterocycles. The van der Waals surface area contributed by atoms with Crippen LogP contribution in [0.25, 0.3) is 11.3 Å². The number of thiazole rings is 1. The summed E-state index contributed by atoms with van der Waals surface area (Å²) < 4.78 is 10.7. The normalized spacial score (nSPS) is 10.7. The topological polar surface area (TPSA) is 85.5 Å². The highest BCUT2D eigenvalue weighted by Gasteiger charge is 2.24. The van der Waals surface area contributed by atoms with Crippen LogP contribution >= 0.6 is 11.3 Å². The van der Waals surface area contributed by atoms with Crippen molar-refractivity contribution in [2.75, 3.05) is 4.90 Å². The maximum absolute atomic E-state index is 12.8. The van der Waals surface area contributed by atoms with Crippen molar-refractivity contribution in [2.45, 2.75) is 27.4 Å². The van der Waals surface area contributed by atoms with Crippen LogP contribution in [0, 0.1) is 13.8 Å². The first-order valence-electron chi connectivity index (χ1n) is 9.94. The van der Waals surface area contributed by atoms with Crippen molar-refractivity contribution in [2.24, 2.45) is 0 Å². The molecule has 8 heteroatoms. The molecule has 0 aliphatic rings. The monoisotopic (exact) mass is 447 g/mol. The summed E-state index contributed by atoms with van der Waals surface area (Å²) in [7, 11) is 0. The molecule has 32 heavy (non-hydrogen) atoms. The minimum absolute atomic E-state index is 0.0340. The molecule has 1 amide bonds. The number of esters is 1. The number of hydrogen-bond donors (Lipinski definition) is 0. The van der Waals surface area contributed by atoms with Gasteiger partial charge in [0.1, 0.15) is 23.6 Å². The quantitative estimate of drug-likeness (QED) is 0.365. The van der Waals surface area contributed by atoms with Gasteiger partial charge >= 0.3 is 5.97 Å². The molecule has 0 radical (unpaired) electrons. The highest BCUT2D eigenvalue weighted by molar-refractivity contribution is 7.14. The second kappa shape index (κ2) is 9.15. The zero-order chi connectivity index (χ0) is 22.7. The number of benzene rings is 2. The van der Waals surface area contributed by atoms with E-state index < -0.39 is 5.97 Å². The van der Waals surface area contributed by atoms with Crippen molar-refractivity contribution < 1.29 is 18.8 Å². The number of amides is 1. The Balaban J connectivity index is 1.51. The lowest BCUT2D eigenvalue weighted by molar-refractivity contribution is -0.115. The van der Waals surface area contributed by atoms with E-state index in [2.05, 4.69) is 10.1 Å². The van der Waals surface area contributed by atoms with Crippen molar-refractivity contribution in [3.8, 4) is 11.3 Å². The van der Waals surface area contributed by atoms with Crippen molar-refractivity contribution in [1.29, 1.82) is 0 Å². The van der Waals surface area contributed by atoms with Crippen LogP contribution in [0.3, 0.4) is 0 Å². The van der Waals surface area contributed by atoms with Crippen LogP contribution in [0.4, 0.5) is 10.8 Å². The van der Waals surface area contributed by atoms with Crippen LogP contribution in [-0.4, -0.2) is 22.0 Å². The smallest absolute Gasteiger partial charge is 0.344 e. The number of carbonyl (C=O) groups excluding carboxylic acids is 2. The van der Waals surface area contributed by atoms with Crippen LogP contribution in [0.2, 0.25) is 0 Å². The SMILES string of the molecule is CC(=O)N(c1cccc(C)c1)c1nc(COC(=O)c2c(-c3ccccc3)noc2C)cs1. The van der Waals surface area contributed by atoms with Crippen molar-refractivity contribution in [3.63, 3.8) is 0 Å². The number of rotatable bonds is 6. The molecule has 0 atom stereocenters. The Morgan fingerprint density at radius 3 is 2.59 bits per heavy atom. The van der Waals surface area contributed by atoms with E-state index in [9.17, 15) is 9.59 Å². The van der Waals surface area contributed by atoms with Crippen LogP contribution < -0.4 is 4.90 Å². The van der Waals surface area contributed by atoms with E-state index in [4.69, 9.17) is 9.26 Å². The first kappa shape index (κ1) is 21.5. The van der Waals surface area contributed by atoms with Crippen molar-refractivity contribution in [3.05, 3.63) is 82.6 Å². The maximum Gasteiger partial charge on any atom is 0.344 e. The Labute approximate surface area is 189 Å². The molecule has 0 saturated carbocycles. The second-order valence-electron chi connectivity index (χ2n) is 7.22. The number of carbonyl (C=O) groups is 2. The number of anilines is 2. The molecular weight excluding hydrogens is 426 g/mol. The third-order valence-electron chi connectivity index (χ3n) is 4.77. The first-order valence-corrected chi connectivity index (χ1v) is 10.8. The summed E-state index contributed by atoms with van der Waals surface area (Å²) in [6.07, 6.45) is 0. The van der Waals surface area contributed by atoms with Crippen molar-refractivity contribution >= 4 is 34.0 Å². The summed E-state index contributed by atoms with van der Waals surface area (Å²) in [5, 5.41) is 6.30. The highest BCUT2D eigenvalue weighted by Crippen LogP contribution is 2.30. The summed E-state index contributed by atoms with van der Waals surface area (Å²) in [5.41, 5.74) is 3.82. The predicted molar refractivity (Wildman–Crippen MR) is 122 cm³/mol. The van der Waals surface area contributed by atoms with Gasteiger partial charge in [-0.1, -0.05) is 47.6 Å². The summed E-state index contributed by atoms with van der Waals surface area (Å²) in [5.74, 6) is -0.310. The molecule has 4 aromatic rings. The minimum Gasteiger partial charge on any atom is -0.455 e. The Bertz CT molecular complexity index is 1260. The number of aromatic nitrogens is 2. The first-order chi connectivity index (χ1) is 15.4. The second-order valence-corrected chi connectivity index (χ2v) is 8.06. The predicted octanol–water partition coefficient (Wildman–Crippen LogP) is 5.46. The molecule has 0 aliphatic heterocycles. The molecule has 7 nitrogen and oxygen atoms in total. The molecule has 162 valence electrons. The third-order valence-corrected chi connectivity index (χ3v) is 5.65. The standard InChI is InChI=1S/C24H21N3O4S/c1-15-8-7-11-20(12-15)27(17(3)28)24-25-19(14-32-24)13-30-23(29)21-16(2)31-26-22(21)18-9-5-4-6-10-18/h4-12,14H,13H2,1-3H3. The average Bonchev–Trinajstić information content (AvgIpc) is 3.39. The highest BCUT2D eigenvalue weighted by atomic mass is 32.1. The molecule has 2 heterocycles. The van der Waals surface area contributed by atoms with E-state index in [0.29, 0.717) is 22.3 Å². The Morgan fingerprint density at radius 2 is 1.88 bits per heavy atom. The molecule has 0 saturated heterocycles. The van der Waals surface area contributed by atoms with Crippen LogP contribution in [0.1, 0.15) is 34.3 Å². The third kappa shape index (κ3) is 4.45. The Kier molecular flexibility index (Phi) is 6.13. The molecule has 0 aliphatic carbocycles. The van der Waals surface area contributed by atoms with Gasteiger partial charge in [0, 0.05) is 17.9 Å². The van der Waals surface area contributed by atoms with Gasteiger partial charge in [-0.25, -0.2) is 9.78 Å². The Hall–Kier alpha value is -3.78. The lowest BCUT2D eigenvalue weighted by Gasteiger charge is -2.18. The zero-order valence-corrected chi connectivity index (χ0v) is 18.7. The summed E-state index contributed by atoms with van der Waals surface area (Å²) in [6.45, 7) is 5.09. The fourth-order valence-corrected chi connectivity index (χ4v) is 4.15. The molecule has 0 N–H and O–H groups in total. The zero-order valence-electron chi connectivity index (χ0n) is 17.9. The number of hydrogen-bond acceptors (Lipinski definition) is 7. The van der Waals surface area contributed by atoms with E-state index in [1.165, 1.54) is 18.3 Å². The molecule has 4 rings (SSSR count). The van der Waals surface area contributed by atoms with E-state index in [0.717, 1.165) is 16.8 Å². The lowest BCUT2D eigenvalue weighted by Crippen LogP contribution is -2.22. The Morgan fingerprint density at radius 1 is 1.09 bits per heavy atom. The largest absolute Gasteiger partial charge is 0.455 e.